The Hall–Kier alpha value is -3.64. The number of benzene rings is 2. The van der Waals surface area contributed by atoms with Crippen molar-refractivity contribution in [2.24, 2.45) is 0 Å². The van der Waals surface area contributed by atoms with E-state index in [-0.39, 0.29) is 18.1 Å². The number of piperazine rings is 1. The van der Waals surface area contributed by atoms with E-state index in [9.17, 15) is 4.79 Å². The Kier molecular flexibility index (Phi) is 4.65. The largest absolute Gasteiger partial charge is 0.448 e. The highest BCUT2D eigenvalue weighted by molar-refractivity contribution is 5.79. The van der Waals surface area contributed by atoms with Gasteiger partial charge in [0.25, 0.3) is 0 Å². The third kappa shape index (κ3) is 3.07. The van der Waals surface area contributed by atoms with Crippen molar-refractivity contribution in [2.45, 2.75) is 12.0 Å². The van der Waals surface area contributed by atoms with Gasteiger partial charge in [0.15, 0.2) is 0 Å². The Morgan fingerprint density at radius 1 is 0.969 bits per heavy atom. The molecule has 0 saturated carbocycles. The number of pyridine rings is 1. The minimum Gasteiger partial charge on any atom is -0.448 e. The number of nitrogens with zero attached hydrogens (tertiary/aromatic N) is 3. The van der Waals surface area contributed by atoms with E-state index in [4.69, 9.17) is 4.74 Å². The van der Waals surface area contributed by atoms with E-state index in [1.54, 1.807) is 6.20 Å². The lowest BCUT2D eigenvalue weighted by Gasteiger charge is -2.36. The first kappa shape index (κ1) is 19.1. The van der Waals surface area contributed by atoms with Gasteiger partial charge in [-0.2, -0.15) is 0 Å². The van der Waals surface area contributed by atoms with E-state index < -0.39 is 0 Å². The molecule has 160 valence electrons. The summed E-state index contributed by atoms with van der Waals surface area (Å²) in [6.45, 7) is 2.36. The number of amides is 1. The first-order valence-electron chi connectivity index (χ1n) is 11.0. The molecule has 2 aliphatic rings. The van der Waals surface area contributed by atoms with Gasteiger partial charge in [0.05, 0.1) is 6.04 Å². The molecule has 1 aliphatic carbocycles. The molecule has 0 radical (unpaired) electrons. The molecule has 1 N–H and O–H groups in total. The van der Waals surface area contributed by atoms with Crippen LogP contribution in [-0.2, 0) is 4.74 Å². The van der Waals surface area contributed by atoms with Crippen molar-refractivity contribution >= 4 is 11.7 Å². The van der Waals surface area contributed by atoms with Crippen LogP contribution < -0.4 is 5.32 Å². The van der Waals surface area contributed by atoms with Gasteiger partial charge in [-0.1, -0.05) is 54.6 Å². The van der Waals surface area contributed by atoms with Gasteiger partial charge in [0, 0.05) is 49.7 Å². The number of hydrogen-bond donors (Lipinski definition) is 1. The van der Waals surface area contributed by atoms with Crippen LogP contribution in [0.4, 0.5) is 4.79 Å². The normalized spacial score (nSPS) is 17.9. The summed E-state index contributed by atoms with van der Waals surface area (Å²) in [5.41, 5.74) is 6.81. The average molecular weight is 425 g/mol. The van der Waals surface area contributed by atoms with Crippen LogP contribution in [0.2, 0.25) is 0 Å². The highest BCUT2D eigenvalue weighted by Crippen LogP contribution is 2.44. The monoisotopic (exact) mass is 424 g/mol. The van der Waals surface area contributed by atoms with Gasteiger partial charge in [0.2, 0.25) is 0 Å². The number of hydrogen-bond acceptors (Lipinski definition) is 4. The molecule has 6 heteroatoms. The molecule has 0 spiro atoms. The molecular formula is C26H24N4O2. The lowest BCUT2D eigenvalue weighted by molar-refractivity contribution is 0.0754. The Bertz CT molecular complexity index is 1250. The van der Waals surface area contributed by atoms with Gasteiger partial charge in [-0.3, -0.25) is 4.90 Å². The summed E-state index contributed by atoms with van der Waals surface area (Å²) in [5.74, 6) is 0.0587. The molecule has 1 aliphatic heterocycles. The maximum absolute atomic E-state index is 13.3. The van der Waals surface area contributed by atoms with Crippen molar-refractivity contribution in [3.8, 4) is 11.1 Å². The second-order valence-electron chi connectivity index (χ2n) is 8.34. The van der Waals surface area contributed by atoms with Crippen LogP contribution in [-0.4, -0.2) is 46.6 Å². The van der Waals surface area contributed by atoms with E-state index in [1.807, 2.05) is 33.8 Å². The molecule has 1 fully saturated rings. The molecule has 4 aromatic rings. The van der Waals surface area contributed by atoms with Gasteiger partial charge < -0.3 is 14.5 Å². The third-order valence-corrected chi connectivity index (χ3v) is 6.62. The number of aromatic nitrogens is 2. The van der Waals surface area contributed by atoms with Crippen molar-refractivity contribution in [1.29, 1.82) is 0 Å². The molecule has 1 saturated heterocycles. The van der Waals surface area contributed by atoms with Gasteiger partial charge in [0.1, 0.15) is 12.3 Å². The molecule has 6 rings (SSSR count). The van der Waals surface area contributed by atoms with Gasteiger partial charge in [-0.15, -0.1) is 0 Å². The first-order chi connectivity index (χ1) is 15.8. The van der Waals surface area contributed by atoms with E-state index in [2.05, 4.69) is 58.8 Å². The van der Waals surface area contributed by atoms with Crippen LogP contribution >= 0.6 is 0 Å². The fourth-order valence-electron chi connectivity index (χ4n) is 5.11. The maximum Gasteiger partial charge on any atom is 0.410 e. The Balaban J connectivity index is 1.25. The number of carbonyl (C=O) groups is 1. The van der Waals surface area contributed by atoms with E-state index >= 15 is 0 Å². The molecule has 2 aromatic heterocycles. The minimum atomic E-state index is -0.271. The predicted molar refractivity (Wildman–Crippen MR) is 123 cm³/mol. The first-order valence-corrected chi connectivity index (χ1v) is 11.0. The number of ether oxygens (including phenoxy) is 1. The Morgan fingerprint density at radius 3 is 2.47 bits per heavy atom. The van der Waals surface area contributed by atoms with Gasteiger partial charge in [-0.05, 0) is 28.3 Å². The molecule has 1 atom stereocenters. The molecule has 2 aromatic carbocycles. The summed E-state index contributed by atoms with van der Waals surface area (Å²) in [7, 11) is 0. The van der Waals surface area contributed by atoms with E-state index in [0.717, 1.165) is 17.8 Å². The molecule has 0 bridgehead atoms. The zero-order valence-electron chi connectivity index (χ0n) is 17.6. The lowest BCUT2D eigenvalue weighted by Crippen LogP contribution is -2.49. The summed E-state index contributed by atoms with van der Waals surface area (Å²) in [6, 6.07) is 20.7. The van der Waals surface area contributed by atoms with Crippen molar-refractivity contribution in [3.05, 3.63) is 95.9 Å². The number of nitrogens with one attached hydrogen (secondary N) is 1. The van der Waals surface area contributed by atoms with Crippen LogP contribution in [0, 0.1) is 0 Å². The topological polar surface area (TPSA) is 58.9 Å². The predicted octanol–water partition coefficient (Wildman–Crippen LogP) is 4.23. The quantitative estimate of drug-likeness (QED) is 0.535. The summed E-state index contributed by atoms with van der Waals surface area (Å²) >= 11 is 0. The molecule has 1 amide bonds. The molecule has 6 nitrogen and oxygen atoms in total. The second kappa shape index (κ2) is 7.80. The van der Waals surface area contributed by atoms with Crippen molar-refractivity contribution in [1.82, 2.24) is 19.6 Å². The van der Waals surface area contributed by atoms with E-state index in [1.165, 1.54) is 22.3 Å². The standard InChI is InChI=1S/C26H24N4O2/c31-26(30-15-11-27-16-24(30)22-10-5-13-29-14-12-28-25(22)29)32-17-23-20-8-3-1-6-18(20)19-7-2-4-9-21(19)23/h1-10,12-14,23-24,27H,11,15-17H2. The van der Waals surface area contributed by atoms with Crippen molar-refractivity contribution in [3.63, 3.8) is 0 Å². The fraction of sp³-hybridized carbons (Fsp3) is 0.231. The Morgan fingerprint density at radius 2 is 1.69 bits per heavy atom. The Labute approximate surface area is 186 Å². The summed E-state index contributed by atoms with van der Waals surface area (Å²) < 4.78 is 7.94. The average Bonchev–Trinajstić information content (AvgIpc) is 3.45. The number of rotatable bonds is 3. The number of carbonyl (C=O) groups excluding carboxylic acids is 1. The van der Waals surface area contributed by atoms with Crippen LogP contribution in [0.25, 0.3) is 16.8 Å². The van der Waals surface area contributed by atoms with Crippen LogP contribution in [0.5, 0.6) is 0 Å². The van der Waals surface area contributed by atoms with Crippen LogP contribution in [0.3, 0.4) is 0 Å². The van der Waals surface area contributed by atoms with Crippen LogP contribution in [0.15, 0.2) is 79.3 Å². The minimum absolute atomic E-state index is 0.0587. The molecule has 1 unspecified atom stereocenters. The maximum atomic E-state index is 13.3. The van der Waals surface area contributed by atoms with Gasteiger partial charge in [-0.25, -0.2) is 9.78 Å². The fourth-order valence-corrected chi connectivity index (χ4v) is 5.11. The van der Waals surface area contributed by atoms with Crippen LogP contribution in [0.1, 0.15) is 28.7 Å². The SMILES string of the molecule is O=C(OCC1c2ccccc2-c2ccccc21)N1CCNCC1c1cccn2ccnc12. The smallest absolute Gasteiger partial charge is 0.410 e. The lowest BCUT2D eigenvalue weighted by atomic mass is 9.98. The summed E-state index contributed by atoms with van der Waals surface area (Å²) in [5, 5.41) is 3.41. The third-order valence-electron chi connectivity index (χ3n) is 6.62. The second-order valence-corrected chi connectivity index (χ2v) is 8.34. The van der Waals surface area contributed by atoms with E-state index in [0.29, 0.717) is 19.7 Å². The van der Waals surface area contributed by atoms with Gasteiger partial charge >= 0.3 is 6.09 Å². The zero-order valence-corrected chi connectivity index (χ0v) is 17.6. The number of fused-ring (bicyclic) bond motifs is 4. The highest BCUT2D eigenvalue weighted by Gasteiger charge is 2.33. The highest BCUT2D eigenvalue weighted by atomic mass is 16.6. The van der Waals surface area contributed by atoms with Crippen molar-refractivity contribution in [2.75, 3.05) is 26.2 Å². The molecule has 32 heavy (non-hydrogen) atoms. The zero-order chi connectivity index (χ0) is 21.5. The summed E-state index contributed by atoms with van der Waals surface area (Å²) in [6.07, 6.45) is 5.41. The number of imidazole rings is 1. The van der Waals surface area contributed by atoms with Crippen molar-refractivity contribution < 1.29 is 9.53 Å². The molecular weight excluding hydrogens is 400 g/mol. The summed E-state index contributed by atoms with van der Waals surface area (Å²) in [4.78, 5) is 19.6. The molecule has 3 heterocycles.